The van der Waals surface area contributed by atoms with E-state index in [2.05, 4.69) is 43.5 Å². The number of unbranched alkanes of at least 4 members (excludes halogenated alkanes) is 41. The van der Waals surface area contributed by atoms with Gasteiger partial charge in [-0.25, -0.2) is 0 Å². The zero-order valence-corrected chi connectivity index (χ0v) is 45.1. The second-order valence-electron chi connectivity index (χ2n) is 20.7. The molecule has 0 aliphatic rings. The standard InChI is InChI=1S/C61H117NO5/c1-3-5-7-9-11-13-15-17-18-24-27-30-33-37-41-45-49-53-59(64)58(57-63)62-60(65)54-50-46-42-38-34-31-28-25-22-20-19-21-23-26-29-32-36-40-44-48-52-56-67-61(66)55-51-47-43-39-35-16-14-12-10-8-6-4-2/h12,14,20,22,58-59,63-64H,3-11,13,15-19,21,23-57H2,1-2H3,(H,62,65)/b14-12-,22-20-. The molecule has 0 aliphatic carbocycles. The van der Waals surface area contributed by atoms with Crippen molar-refractivity contribution in [1.29, 1.82) is 0 Å². The number of aliphatic hydroxyl groups excluding tert-OH is 2. The quantitative estimate of drug-likeness (QED) is 0.0321. The van der Waals surface area contributed by atoms with Gasteiger partial charge in [0.15, 0.2) is 0 Å². The Morgan fingerprint density at radius 2 is 0.701 bits per heavy atom. The first-order valence-electron chi connectivity index (χ1n) is 30.1. The lowest BCUT2D eigenvalue weighted by atomic mass is 10.0. The summed E-state index contributed by atoms with van der Waals surface area (Å²) in [7, 11) is 0. The highest BCUT2D eigenvalue weighted by Crippen LogP contribution is 2.17. The summed E-state index contributed by atoms with van der Waals surface area (Å²) in [6, 6.07) is -0.547. The molecule has 1 amide bonds. The zero-order valence-electron chi connectivity index (χ0n) is 45.1. The number of carbonyl (C=O) groups is 2. The van der Waals surface area contributed by atoms with Crippen LogP contribution in [0.15, 0.2) is 24.3 Å². The molecule has 0 radical (unpaired) electrons. The molecular weight excluding hydrogens is 827 g/mol. The lowest BCUT2D eigenvalue weighted by Crippen LogP contribution is -2.45. The number of nitrogens with one attached hydrogen (secondary N) is 1. The second kappa shape index (κ2) is 56.9. The van der Waals surface area contributed by atoms with Crippen molar-refractivity contribution in [2.45, 2.75) is 341 Å². The van der Waals surface area contributed by atoms with Crippen LogP contribution in [0.25, 0.3) is 0 Å². The summed E-state index contributed by atoms with van der Waals surface area (Å²) in [5.41, 5.74) is 0. The van der Waals surface area contributed by atoms with Crippen LogP contribution in [0, 0.1) is 0 Å². The Balaban J connectivity index is 3.43. The highest BCUT2D eigenvalue weighted by atomic mass is 16.5. The largest absolute Gasteiger partial charge is 0.466 e. The fourth-order valence-electron chi connectivity index (χ4n) is 9.34. The van der Waals surface area contributed by atoms with E-state index in [9.17, 15) is 19.8 Å². The molecule has 0 heterocycles. The third-order valence-corrected chi connectivity index (χ3v) is 14.0. The van der Waals surface area contributed by atoms with Gasteiger partial charge < -0.3 is 20.3 Å². The molecule has 0 aromatic carbocycles. The van der Waals surface area contributed by atoms with Gasteiger partial charge in [-0.2, -0.15) is 0 Å². The van der Waals surface area contributed by atoms with Crippen molar-refractivity contribution in [2.75, 3.05) is 13.2 Å². The summed E-state index contributed by atoms with van der Waals surface area (Å²) in [5.74, 6) is -0.0423. The molecule has 6 nitrogen and oxygen atoms in total. The molecule has 67 heavy (non-hydrogen) atoms. The Hall–Kier alpha value is -1.66. The normalized spacial score (nSPS) is 12.7. The molecule has 0 rings (SSSR count). The Kier molecular flexibility index (Phi) is 55.5. The molecule has 0 aliphatic heterocycles. The maximum absolute atomic E-state index is 12.5. The third-order valence-electron chi connectivity index (χ3n) is 14.0. The summed E-state index contributed by atoms with van der Waals surface area (Å²) in [5, 5.41) is 23.3. The molecule has 396 valence electrons. The number of ether oxygens (including phenoxy) is 1. The van der Waals surface area contributed by atoms with Crippen molar-refractivity contribution in [2.24, 2.45) is 0 Å². The van der Waals surface area contributed by atoms with E-state index in [1.54, 1.807) is 0 Å². The van der Waals surface area contributed by atoms with Gasteiger partial charge in [-0.05, 0) is 77.0 Å². The SMILES string of the molecule is CCCCC/C=C\CCCCCCCC(=O)OCCCCCCCCCCCC/C=C\CCCCCCCCCC(=O)NC(CO)C(O)CCCCCCCCCCCCCCCCCCC. The zero-order chi connectivity index (χ0) is 48.6. The molecule has 2 atom stereocenters. The second-order valence-corrected chi connectivity index (χ2v) is 20.7. The highest BCUT2D eigenvalue weighted by molar-refractivity contribution is 5.76. The van der Waals surface area contributed by atoms with Gasteiger partial charge in [-0.15, -0.1) is 0 Å². The topological polar surface area (TPSA) is 95.9 Å². The summed E-state index contributed by atoms with van der Waals surface area (Å²) < 4.78 is 5.46. The van der Waals surface area contributed by atoms with E-state index in [0.29, 0.717) is 25.9 Å². The van der Waals surface area contributed by atoms with Gasteiger partial charge in [0.2, 0.25) is 5.91 Å². The van der Waals surface area contributed by atoms with Crippen molar-refractivity contribution >= 4 is 11.9 Å². The lowest BCUT2D eigenvalue weighted by molar-refractivity contribution is -0.143. The molecule has 0 fully saturated rings. The third kappa shape index (κ3) is 53.5. The average molecular weight is 945 g/mol. The minimum Gasteiger partial charge on any atom is -0.466 e. The van der Waals surface area contributed by atoms with Crippen LogP contribution in [0.4, 0.5) is 0 Å². The summed E-state index contributed by atoms with van der Waals surface area (Å²) in [4.78, 5) is 24.5. The first-order chi connectivity index (χ1) is 33.0. The van der Waals surface area contributed by atoms with E-state index in [1.807, 2.05) is 0 Å². The molecular formula is C61H117NO5. The van der Waals surface area contributed by atoms with E-state index < -0.39 is 12.1 Å². The number of amides is 1. The predicted octanol–water partition coefficient (Wildman–Crippen LogP) is 18.6. The number of carbonyl (C=O) groups excluding carboxylic acids is 2. The Bertz CT molecular complexity index is 1040. The minimum absolute atomic E-state index is 0.00162. The maximum Gasteiger partial charge on any atom is 0.305 e. The number of hydrogen-bond donors (Lipinski definition) is 3. The van der Waals surface area contributed by atoms with Gasteiger partial charge in [0.25, 0.3) is 0 Å². The monoisotopic (exact) mass is 944 g/mol. The van der Waals surface area contributed by atoms with E-state index in [0.717, 1.165) is 44.9 Å². The van der Waals surface area contributed by atoms with Gasteiger partial charge in [0, 0.05) is 12.8 Å². The molecule has 0 aromatic heterocycles. The van der Waals surface area contributed by atoms with Gasteiger partial charge in [-0.3, -0.25) is 9.59 Å². The van der Waals surface area contributed by atoms with Crippen molar-refractivity contribution in [3.8, 4) is 0 Å². The Morgan fingerprint density at radius 3 is 1.09 bits per heavy atom. The number of allylic oxidation sites excluding steroid dienone is 4. The molecule has 2 unspecified atom stereocenters. The van der Waals surface area contributed by atoms with Gasteiger partial charge in [-0.1, -0.05) is 263 Å². The summed E-state index contributed by atoms with van der Waals surface area (Å²) >= 11 is 0. The van der Waals surface area contributed by atoms with E-state index >= 15 is 0 Å². The first kappa shape index (κ1) is 65.3. The van der Waals surface area contributed by atoms with Crippen LogP contribution < -0.4 is 5.32 Å². The Morgan fingerprint density at radius 1 is 0.403 bits per heavy atom. The molecule has 6 heteroatoms. The molecule has 0 spiro atoms. The van der Waals surface area contributed by atoms with Gasteiger partial charge >= 0.3 is 5.97 Å². The fourth-order valence-corrected chi connectivity index (χ4v) is 9.34. The molecule has 0 bridgehead atoms. The van der Waals surface area contributed by atoms with Crippen LogP contribution in [0.1, 0.15) is 328 Å². The van der Waals surface area contributed by atoms with E-state index in [4.69, 9.17) is 4.74 Å². The van der Waals surface area contributed by atoms with Crippen LogP contribution in [0.2, 0.25) is 0 Å². The maximum atomic E-state index is 12.5. The number of rotatable bonds is 56. The minimum atomic E-state index is -0.669. The lowest BCUT2D eigenvalue weighted by Gasteiger charge is -2.22. The smallest absolute Gasteiger partial charge is 0.305 e. The molecule has 0 saturated heterocycles. The Labute approximate surface area is 418 Å². The number of aliphatic hydroxyl groups is 2. The number of esters is 1. The van der Waals surface area contributed by atoms with Crippen LogP contribution >= 0.6 is 0 Å². The summed E-state index contributed by atoms with van der Waals surface area (Å²) in [6.07, 6.45) is 68.9. The van der Waals surface area contributed by atoms with Gasteiger partial charge in [0.05, 0.1) is 25.4 Å². The predicted molar refractivity (Wildman–Crippen MR) is 292 cm³/mol. The van der Waals surface area contributed by atoms with Crippen LogP contribution in [-0.2, 0) is 14.3 Å². The van der Waals surface area contributed by atoms with Crippen molar-refractivity contribution < 1.29 is 24.5 Å². The fraction of sp³-hybridized carbons (Fsp3) is 0.902. The molecule has 3 N–H and O–H groups in total. The average Bonchev–Trinajstić information content (AvgIpc) is 3.33. The summed E-state index contributed by atoms with van der Waals surface area (Å²) in [6.45, 7) is 4.94. The van der Waals surface area contributed by atoms with E-state index in [1.165, 1.54) is 250 Å². The van der Waals surface area contributed by atoms with Crippen molar-refractivity contribution in [1.82, 2.24) is 5.32 Å². The molecule has 0 saturated carbocycles. The van der Waals surface area contributed by atoms with Crippen LogP contribution in [0.5, 0.6) is 0 Å². The van der Waals surface area contributed by atoms with E-state index in [-0.39, 0.29) is 18.5 Å². The van der Waals surface area contributed by atoms with Crippen molar-refractivity contribution in [3.63, 3.8) is 0 Å². The number of hydrogen-bond acceptors (Lipinski definition) is 5. The highest BCUT2D eigenvalue weighted by Gasteiger charge is 2.20. The van der Waals surface area contributed by atoms with Crippen LogP contribution in [-0.4, -0.2) is 47.4 Å². The molecule has 0 aromatic rings. The van der Waals surface area contributed by atoms with Gasteiger partial charge in [0.1, 0.15) is 0 Å². The van der Waals surface area contributed by atoms with Crippen LogP contribution in [0.3, 0.4) is 0 Å². The van der Waals surface area contributed by atoms with Crippen molar-refractivity contribution in [3.05, 3.63) is 24.3 Å². The first-order valence-corrected chi connectivity index (χ1v) is 30.1.